The molecular weight excluding hydrogens is 372 g/mol. The number of aryl methyl sites for hydroxylation is 1. The van der Waals surface area contributed by atoms with Gasteiger partial charge < -0.3 is 14.6 Å². The van der Waals surface area contributed by atoms with Gasteiger partial charge in [-0.2, -0.15) is 0 Å². The van der Waals surface area contributed by atoms with Gasteiger partial charge in [0.05, 0.1) is 12.6 Å². The molecule has 1 aromatic heterocycles. The molecule has 5 rings (SSSR count). The maximum absolute atomic E-state index is 13.6. The van der Waals surface area contributed by atoms with E-state index >= 15 is 0 Å². The molecular formula is C26H26N2O2. The number of aromatic nitrogens is 1. The van der Waals surface area contributed by atoms with Crippen molar-refractivity contribution in [3.8, 4) is 0 Å². The van der Waals surface area contributed by atoms with Crippen LogP contribution in [-0.2, 0) is 13.1 Å². The van der Waals surface area contributed by atoms with Crippen molar-refractivity contribution in [1.82, 2.24) is 4.57 Å². The number of amides is 1. The summed E-state index contributed by atoms with van der Waals surface area (Å²) >= 11 is 0. The van der Waals surface area contributed by atoms with Gasteiger partial charge in [0.25, 0.3) is 5.91 Å². The molecule has 2 aromatic carbocycles. The fourth-order valence-electron chi connectivity index (χ4n) is 4.70. The SMILES string of the molecule is Cc1cc(C(=O)N2Cc3cccn3Cc3ccccc32)ccc1C1=CC(O)CCC1. The molecule has 1 aliphatic carbocycles. The monoisotopic (exact) mass is 398 g/mol. The molecule has 0 saturated heterocycles. The van der Waals surface area contributed by atoms with E-state index in [4.69, 9.17) is 0 Å². The first-order valence-corrected chi connectivity index (χ1v) is 10.6. The molecule has 1 unspecified atom stereocenters. The van der Waals surface area contributed by atoms with Crippen molar-refractivity contribution in [3.63, 3.8) is 0 Å². The lowest BCUT2D eigenvalue weighted by atomic mass is 9.89. The van der Waals surface area contributed by atoms with Crippen LogP contribution in [0.1, 0.15) is 52.0 Å². The number of aliphatic hydroxyl groups excluding tert-OH is 1. The van der Waals surface area contributed by atoms with Gasteiger partial charge in [-0.3, -0.25) is 4.79 Å². The summed E-state index contributed by atoms with van der Waals surface area (Å²) in [4.78, 5) is 15.5. The van der Waals surface area contributed by atoms with Gasteiger partial charge in [-0.05, 0) is 78.8 Å². The van der Waals surface area contributed by atoms with E-state index in [2.05, 4.69) is 29.8 Å². The molecule has 2 aliphatic rings. The zero-order valence-electron chi connectivity index (χ0n) is 17.2. The van der Waals surface area contributed by atoms with E-state index in [1.807, 2.05) is 53.4 Å². The largest absolute Gasteiger partial charge is 0.389 e. The van der Waals surface area contributed by atoms with Crippen LogP contribution in [0.3, 0.4) is 0 Å². The zero-order valence-corrected chi connectivity index (χ0v) is 17.2. The molecule has 1 amide bonds. The predicted molar refractivity (Wildman–Crippen MR) is 120 cm³/mol. The number of fused-ring (bicyclic) bond motifs is 2. The van der Waals surface area contributed by atoms with E-state index in [1.54, 1.807) is 0 Å². The number of nitrogens with zero attached hydrogens (tertiary/aromatic N) is 2. The van der Waals surface area contributed by atoms with Crippen LogP contribution in [0.2, 0.25) is 0 Å². The first kappa shape index (κ1) is 18.9. The van der Waals surface area contributed by atoms with Crippen molar-refractivity contribution in [1.29, 1.82) is 0 Å². The maximum atomic E-state index is 13.6. The molecule has 0 fully saturated rings. The van der Waals surface area contributed by atoms with Crippen molar-refractivity contribution in [2.75, 3.05) is 4.90 Å². The Morgan fingerprint density at radius 2 is 1.93 bits per heavy atom. The standard InChI is InChI=1S/C26H26N2O2/c1-18-14-20(11-12-24(18)19-7-4-9-23(29)15-19)26(30)28-17-22-8-5-13-27(22)16-21-6-2-3-10-25(21)28/h2-3,5-6,8,10-15,23,29H,4,7,9,16-17H2,1H3. The lowest BCUT2D eigenvalue weighted by molar-refractivity contribution is 0.0985. The molecule has 152 valence electrons. The van der Waals surface area contributed by atoms with Crippen molar-refractivity contribution < 1.29 is 9.90 Å². The van der Waals surface area contributed by atoms with Crippen molar-refractivity contribution in [3.05, 3.63) is 94.8 Å². The quantitative estimate of drug-likeness (QED) is 0.665. The number of para-hydroxylation sites is 1. The van der Waals surface area contributed by atoms with Gasteiger partial charge >= 0.3 is 0 Å². The van der Waals surface area contributed by atoms with Gasteiger partial charge in [0.2, 0.25) is 0 Å². The smallest absolute Gasteiger partial charge is 0.258 e. The molecule has 4 nitrogen and oxygen atoms in total. The number of aliphatic hydroxyl groups is 1. The first-order chi connectivity index (χ1) is 14.6. The third-order valence-electron chi connectivity index (χ3n) is 6.27. The Bertz CT molecular complexity index is 1140. The second kappa shape index (κ2) is 7.62. The summed E-state index contributed by atoms with van der Waals surface area (Å²) in [7, 11) is 0. The second-order valence-corrected chi connectivity index (χ2v) is 8.33. The highest BCUT2D eigenvalue weighted by Gasteiger charge is 2.25. The first-order valence-electron chi connectivity index (χ1n) is 10.6. The summed E-state index contributed by atoms with van der Waals surface area (Å²) in [6, 6.07) is 18.2. The van der Waals surface area contributed by atoms with Gasteiger partial charge in [-0.15, -0.1) is 0 Å². The third-order valence-corrected chi connectivity index (χ3v) is 6.27. The Labute approximate surface area is 177 Å². The zero-order chi connectivity index (χ0) is 20.7. The molecule has 0 spiro atoms. The molecule has 30 heavy (non-hydrogen) atoms. The van der Waals surface area contributed by atoms with Gasteiger partial charge in [-0.25, -0.2) is 0 Å². The fraction of sp³-hybridized carbons (Fsp3) is 0.269. The summed E-state index contributed by atoms with van der Waals surface area (Å²) in [5, 5.41) is 9.99. The summed E-state index contributed by atoms with van der Waals surface area (Å²) in [5.74, 6) is 0.0180. The van der Waals surface area contributed by atoms with Gasteiger partial charge in [-0.1, -0.05) is 30.3 Å². The molecule has 3 aromatic rings. The van der Waals surface area contributed by atoms with E-state index in [1.165, 1.54) is 5.57 Å². The van der Waals surface area contributed by atoms with E-state index in [9.17, 15) is 9.90 Å². The maximum Gasteiger partial charge on any atom is 0.258 e. The molecule has 2 heterocycles. The highest BCUT2D eigenvalue weighted by atomic mass is 16.3. The van der Waals surface area contributed by atoms with Crippen LogP contribution in [0.5, 0.6) is 0 Å². The number of carbonyl (C=O) groups is 1. The normalized spacial score (nSPS) is 18.3. The van der Waals surface area contributed by atoms with Crippen LogP contribution in [0.4, 0.5) is 5.69 Å². The van der Waals surface area contributed by atoms with E-state index < -0.39 is 0 Å². The number of allylic oxidation sites excluding steroid dienone is 1. The molecule has 4 heteroatoms. The number of rotatable bonds is 2. The molecule has 0 saturated carbocycles. The topological polar surface area (TPSA) is 45.5 Å². The van der Waals surface area contributed by atoms with E-state index in [0.29, 0.717) is 12.1 Å². The molecule has 1 atom stereocenters. The molecule has 0 bridgehead atoms. The van der Waals surface area contributed by atoms with Crippen LogP contribution >= 0.6 is 0 Å². The molecule has 0 radical (unpaired) electrons. The highest BCUT2D eigenvalue weighted by Crippen LogP contribution is 2.32. The average Bonchev–Trinajstić information content (AvgIpc) is 3.12. The van der Waals surface area contributed by atoms with Crippen LogP contribution in [0.25, 0.3) is 5.57 Å². The summed E-state index contributed by atoms with van der Waals surface area (Å²) in [6.07, 6.45) is 6.48. The average molecular weight is 399 g/mol. The van der Waals surface area contributed by atoms with Gasteiger partial charge in [0.1, 0.15) is 0 Å². The summed E-state index contributed by atoms with van der Waals surface area (Å²) < 4.78 is 2.21. The molecule has 1 N–H and O–H groups in total. The van der Waals surface area contributed by atoms with Crippen molar-refractivity contribution in [2.24, 2.45) is 0 Å². The third kappa shape index (κ3) is 3.37. The Hall–Kier alpha value is -3.11. The van der Waals surface area contributed by atoms with E-state index in [-0.39, 0.29) is 12.0 Å². The minimum absolute atomic E-state index is 0.0180. The predicted octanol–water partition coefficient (Wildman–Crippen LogP) is 4.93. The van der Waals surface area contributed by atoms with Gasteiger partial charge in [0.15, 0.2) is 0 Å². The number of benzene rings is 2. The fourth-order valence-corrected chi connectivity index (χ4v) is 4.70. The van der Waals surface area contributed by atoms with Crippen LogP contribution in [0.15, 0.2) is 66.9 Å². The van der Waals surface area contributed by atoms with Crippen LogP contribution in [0, 0.1) is 6.92 Å². The summed E-state index contributed by atoms with van der Waals surface area (Å²) in [5.41, 5.74) is 7.35. The number of hydrogen-bond acceptors (Lipinski definition) is 2. The highest BCUT2D eigenvalue weighted by molar-refractivity contribution is 6.06. The number of carbonyl (C=O) groups excluding carboxylic acids is 1. The van der Waals surface area contributed by atoms with Crippen molar-refractivity contribution >= 4 is 17.2 Å². The second-order valence-electron chi connectivity index (χ2n) is 8.33. The lowest BCUT2D eigenvalue weighted by Crippen LogP contribution is -2.30. The van der Waals surface area contributed by atoms with Gasteiger partial charge in [0, 0.05) is 29.7 Å². The lowest BCUT2D eigenvalue weighted by Gasteiger charge is -2.24. The van der Waals surface area contributed by atoms with Crippen molar-refractivity contribution in [2.45, 2.75) is 45.4 Å². The Kier molecular flexibility index (Phi) is 4.80. The Morgan fingerprint density at radius 3 is 2.77 bits per heavy atom. The molecule has 1 aliphatic heterocycles. The Balaban J connectivity index is 1.51. The minimum Gasteiger partial charge on any atom is -0.389 e. The van der Waals surface area contributed by atoms with E-state index in [0.717, 1.165) is 53.9 Å². The summed E-state index contributed by atoms with van der Waals surface area (Å²) in [6.45, 7) is 3.38. The minimum atomic E-state index is -0.362. The van der Waals surface area contributed by atoms with Crippen LogP contribution in [-0.4, -0.2) is 21.7 Å². The Morgan fingerprint density at radius 1 is 1.07 bits per heavy atom. The van der Waals surface area contributed by atoms with Crippen LogP contribution < -0.4 is 4.90 Å². The number of hydrogen-bond donors (Lipinski definition) is 1. The number of anilines is 1.